The van der Waals surface area contributed by atoms with Crippen LogP contribution in [0.15, 0.2) is 24.4 Å². The summed E-state index contributed by atoms with van der Waals surface area (Å²) >= 11 is 1.39. The summed E-state index contributed by atoms with van der Waals surface area (Å²) in [6.07, 6.45) is 4.83. The Hall–Kier alpha value is 2.38. The third-order valence-corrected chi connectivity index (χ3v) is 10.6. The molecule has 2 aromatic rings. The van der Waals surface area contributed by atoms with Gasteiger partial charge in [0, 0.05) is 17.5 Å². The molecule has 2 fully saturated rings. The molecule has 6 atom stereocenters. The van der Waals surface area contributed by atoms with E-state index in [1.807, 2.05) is 19.9 Å². The summed E-state index contributed by atoms with van der Waals surface area (Å²) in [5.74, 6) is 0.114. The Kier molecular flexibility index (Phi) is 17.5. The number of fused-ring (bicyclic) bond motifs is 5. The minimum atomic E-state index is -5.22. The molecule has 2 saturated carbocycles. The van der Waals surface area contributed by atoms with Crippen LogP contribution in [-0.4, -0.2) is 17.0 Å². The molecule has 0 spiro atoms. The van der Waals surface area contributed by atoms with Gasteiger partial charge in [-0.2, -0.15) is 0 Å². The topological polar surface area (TPSA) is 187 Å². The van der Waals surface area contributed by atoms with Crippen molar-refractivity contribution < 1.29 is 161 Å². The minimum absolute atomic E-state index is 0. The molecule has 1 aromatic carbocycles. The van der Waals surface area contributed by atoms with Gasteiger partial charge in [-0.25, -0.2) is 4.98 Å². The Labute approximate surface area is 344 Å². The van der Waals surface area contributed by atoms with Crippen molar-refractivity contribution >= 4 is 38.0 Å². The standard InChI is InChI=1S/C25H34N2O9P2S.4Na/c1-14-13-26-24(39-14)27-22(28)8-4-16-12-21(36-38(32,33)34)25(2)10-9-19-18-7-5-17(35-37(29,30)31)11-15(18)3-6-20(19)23(16)25;;;;/h5,7,11,13,16,19-21,23H,3-4,6,8-10,12H2,1-2H3,(H,26,27,28)(H2,29,30,31)(H2,32,33,34);;;;/q;4*+1/p-4. The van der Waals surface area contributed by atoms with E-state index in [2.05, 4.69) is 14.8 Å². The van der Waals surface area contributed by atoms with E-state index in [-0.39, 0.29) is 160 Å². The van der Waals surface area contributed by atoms with E-state index in [0.29, 0.717) is 30.8 Å². The molecule has 3 aliphatic carbocycles. The molecule has 0 aliphatic heterocycles. The average molecular weight is 688 g/mol. The van der Waals surface area contributed by atoms with Gasteiger partial charge in [-0.05, 0) is 97.8 Å². The van der Waals surface area contributed by atoms with E-state index in [4.69, 9.17) is 4.52 Å². The molecule has 1 N–H and O–H groups in total. The first kappa shape index (κ1) is 43.4. The van der Waals surface area contributed by atoms with Crippen molar-refractivity contribution in [2.24, 2.45) is 23.2 Å². The van der Waals surface area contributed by atoms with E-state index in [1.54, 1.807) is 12.3 Å². The molecule has 0 saturated heterocycles. The van der Waals surface area contributed by atoms with Gasteiger partial charge in [0.25, 0.3) is 0 Å². The second-order valence-electron chi connectivity index (χ2n) is 11.2. The minimum Gasteiger partial charge on any atom is -0.790 e. The maximum atomic E-state index is 12.7. The molecule has 3 aliphatic rings. The van der Waals surface area contributed by atoms with Crippen molar-refractivity contribution in [1.82, 2.24) is 4.98 Å². The number of amides is 1. The van der Waals surface area contributed by atoms with Crippen LogP contribution < -0.4 is 148 Å². The van der Waals surface area contributed by atoms with E-state index in [9.17, 15) is 33.5 Å². The zero-order chi connectivity index (χ0) is 28.2. The normalized spacial score (nSPS) is 27.4. The molecule has 43 heavy (non-hydrogen) atoms. The predicted octanol–water partition coefficient (Wildman–Crippen LogP) is -9.61. The van der Waals surface area contributed by atoms with Gasteiger partial charge in [-0.15, -0.1) is 11.3 Å². The van der Waals surface area contributed by atoms with Gasteiger partial charge in [0.05, 0.1) is 13.9 Å². The average Bonchev–Trinajstić information content (AvgIpc) is 3.35. The van der Waals surface area contributed by atoms with Gasteiger partial charge < -0.3 is 43.1 Å². The Bertz CT molecular complexity index is 1360. The predicted molar refractivity (Wildman–Crippen MR) is 135 cm³/mol. The SMILES string of the molecule is Cc1cnc(NC(=O)CCC2CC(OP(=O)([O-])[O-])C3(C)CCC4c5ccc(OP(=O)([O-])[O-])cc5CCC4C23)s1.[Na+].[Na+].[Na+].[Na+]. The zero-order valence-electron chi connectivity index (χ0n) is 25.6. The Morgan fingerprint density at radius 2 is 1.81 bits per heavy atom. The molecular formula is C25H30N2Na4O9P2S. The van der Waals surface area contributed by atoms with Crippen molar-refractivity contribution in [2.75, 3.05) is 5.32 Å². The number of hydrogen-bond acceptors (Lipinski definition) is 11. The largest absolute Gasteiger partial charge is 1.00 e. The number of anilines is 1. The first-order valence-corrected chi connectivity index (χ1v) is 16.7. The van der Waals surface area contributed by atoms with Crippen LogP contribution in [0.5, 0.6) is 5.75 Å². The van der Waals surface area contributed by atoms with Gasteiger partial charge in [0.1, 0.15) is 13.6 Å². The second kappa shape index (κ2) is 17.3. The molecule has 0 radical (unpaired) electrons. The fourth-order valence-corrected chi connectivity index (χ4v) is 9.19. The van der Waals surface area contributed by atoms with Crippen LogP contribution in [0.25, 0.3) is 0 Å². The summed E-state index contributed by atoms with van der Waals surface area (Å²) in [6.45, 7) is 3.90. The van der Waals surface area contributed by atoms with E-state index in [1.165, 1.54) is 17.4 Å². The maximum absolute atomic E-state index is 12.7. The molecule has 214 valence electrons. The Morgan fingerprint density at radius 3 is 2.42 bits per heavy atom. The van der Waals surface area contributed by atoms with Gasteiger partial charge in [-0.3, -0.25) is 4.79 Å². The number of phosphoric ester groups is 2. The molecule has 11 nitrogen and oxygen atoms in total. The molecule has 1 aromatic heterocycles. The van der Waals surface area contributed by atoms with Crippen LogP contribution in [0.3, 0.4) is 0 Å². The third-order valence-electron chi connectivity index (χ3n) is 8.84. The van der Waals surface area contributed by atoms with Gasteiger partial charge in [0.15, 0.2) is 5.13 Å². The molecule has 1 heterocycles. The molecule has 18 heteroatoms. The van der Waals surface area contributed by atoms with E-state index in [0.717, 1.165) is 28.8 Å². The number of carbonyl (C=O) groups is 1. The van der Waals surface area contributed by atoms with Crippen LogP contribution in [0.2, 0.25) is 0 Å². The first-order chi connectivity index (χ1) is 18.2. The van der Waals surface area contributed by atoms with Crippen molar-refractivity contribution in [2.45, 2.75) is 70.8 Å². The fourth-order valence-electron chi connectivity index (χ4n) is 7.50. The summed E-state index contributed by atoms with van der Waals surface area (Å²) in [5.41, 5.74) is 1.44. The second-order valence-corrected chi connectivity index (χ2v) is 14.6. The molecular weight excluding hydrogens is 658 g/mol. The quantitative estimate of drug-likeness (QED) is 0.206. The number of aryl methyl sites for hydroxylation is 2. The number of phosphoric acid groups is 2. The number of hydrogen-bond donors (Lipinski definition) is 1. The van der Waals surface area contributed by atoms with Gasteiger partial charge >= 0.3 is 118 Å². The van der Waals surface area contributed by atoms with Crippen LogP contribution in [0.1, 0.15) is 67.4 Å². The number of nitrogens with one attached hydrogen (secondary N) is 1. The maximum Gasteiger partial charge on any atom is 1.00 e. The van der Waals surface area contributed by atoms with Gasteiger partial charge in [-0.1, -0.05) is 13.0 Å². The molecule has 5 rings (SSSR count). The van der Waals surface area contributed by atoms with Crippen LogP contribution >= 0.6 is 27.0 Å². The Morgan fingerprint density at radius 1 is 1.12 bits per heavy atom. The van der Waals surface area contributed by atoms with Crippen molar-refractivity contribution in [1.29, 1.82) is 0 Å². The monoisotopic (exact) mass is 688 g/mol. The van der Waals surface area contributed by atoms with E-state index >= 15 is 0 Å². The summed E-state index contributed by atoms with van der Waals surface area (Å²) in [4.78, 5) is 63.3. The molecule has 6 unspecified atom stereocenters. The van der Waals surface area contributed by atoms with Crippen molar-refractivity contribution in [3.8, 4) is 5.75 Å². The summed E-state index contributed by atoms with van der Waals surface area (Å²) in [7, 11) is -10.4. The summed E-state index contributed by atoms with van der Waals surface area (Å²) in [6, 6.07) is 4.91. The smallest absolute Gasteiger partial charge is 0.790 e. The number of aromatic nitrogens is 1. The number of nitrogens with zero attached hydrogens (tertiary/aromatic N) is 1. The first-order valence-electron chi connectivity index (χ1n) is 13.0. The van der Waals surface area contributed by atoms with Crippen LogP contribution in [0.4, 0.5) is 5.13 Å². The van der Waals surface area contributed by atoms with Crippen molar-refractivity contribution in [3.05, 3.63) is 40.4 Å². The molecule has 0 bridgehead atoms. The number of carbonyl (C=O) groups excluding carboxylic acids is 1. The summed E-state index contributed by atoms with van der Waals surface area (Å²) < 4.78 is 32.5. The van der Waals surface area contributed by atoms with Crippen LogP contribution in [-0.2, 0) is 24.9 Å². The number of benzene rings is 1. The third kappa shape index (κ3) is 10.7. The summed E-state index contributed by atoms with van der Waals surface area (Å²) in [5, 5.41) is 3.36. The molecule has 1 amide bonds. The van der Waals surface area contributed by atoms with Crippen LogP contribution in [0, 0.1) is 30.1 Å². The number of thiazole rings is 1. The van der Waals surface area contributed by atoms with E-state index < -0.39 is 27.2 Å². The number of rotatable bonds is 8. The zero-order valence-corrected chi connectivity index (χ0v) is 36.2. The van der Waals surface area contributed by atoms with Crippen molar-refractivity contribution in [3.63, 3.8) is 0 Å². The Balaban J connectivity index is 0.00000231. The fraction of sp³-hybridized carbons (Fsp3) is 0.600. The van der Waals surface area contributed by atoms with Gasteiger partial charge in [0.2, 0.25) is 5.91 Å².